The smallest absolute Gasteiger partial charge is 0.191 e. The van der Waals surface area contributed by atoms with E-state index in [2.05, 4.69) is 45.0 Å². The molecule has 0 amide bonds. The third-order valence-corrected chi connectivity index (χ3v) is 4.30. The number of benzene rings is 2. The molecule has 28 heavy (non-hydrogen) atoms. The molecule has 0 fully saturated rings. The van der Waals surface area contributed by atoms with E-state index in [1.165, 1.54) is 11.1 Å². The molecule has 0 bridgehead atoms. The van der Waals surface area contributed by atoms with Gasteiger partial charge in [-0.1, -0.05) is 36.4 Å². The number of aliphatic imine (C=N–C) groups is 1. The minimum absolute atomic E-state index is 0. The van der Waals surface area contributed by atoms with E-state index in [0.29, 0.717) is 13.1 Å². The standard InChI is InChI=1S/C21H25N5O.HI/c1-22-21(23-14-17-8-10-20(27-2)11-9-17)24-15-18-6-3-4-7-19(18)16-26-13-5-12-25-26;/h3-13H,14-16H2,1-2H3,(H2,22,23,24);1H. The number of nitrogens with one attached hydrogen (secondary N) is 2. The zero-order chi connectivity index (χ0) is 18.9. The Hall–Kier alpha value is -2.55. The number of guanidine groups is 1. The molecule has 7 heteroatoms. The summed E-state index contributed by atoms with van der Waals surface area (Å²) in [4.78, 5) is 4.31. The molecule has 0 aliphatic heterocycles. The van der Waals surface area contributed by atoms with Gasteiger partial charge in [-0.05, 0) is 34.9 Å². The maximum atomic E-state index is 5.19. The largest absolute Gasteiger partial charge is 0.497 e. The van der Waals surface area contributed by atoms with Crippen LogP contribution in [0.15, 0.2) is 72.0 Å². The molecule has 1 heterocycles. The van der Waals surface area contributed by atoms with E-state index < -0.39 is 0 Å². The van der Waals surface area contributed by atoms with E-state index in [-0.39, 0.29) is 24.0 Å². The molecule has 0 spiro atoms. The van der Waals surface area contributed by atoms with Crippen molar-refractivity contribution in [2.24, 2.45) is 4.99 Å². The van der Waals surface area contributed by atoms with Crippen molar-refractivity contribution in [2.75, 3.05) is 14.2 Å². The molecule has 0 aliphatic rings. The number of halogens is 1. The normalized spacial score (nSPS) is 10.9. The molecule has 2 aromatic carbocycles. The van der Waals surface area contributed by atoms with Crippen molar-refractivity contribution in [1.29, 1.82) is 0 Å². The van der Waals surface area contributed by atoms with Crippen molar-refractivity contribution in [1.82, 2.24) is 20.4 Å². The lowest BCUT2D eigenvalue weighted by molar-refractivity contribution is 0.414. The number of ether oxygens (including phenoxy) is 1. The van der Waals surface area contributed by atoms with Crippen LogP contribution >= 0.6 is 24.0 Å². The second kappa shape index (κ2) is 11.3. The zero-order valence-electron chi connectivity index (χ0n) is 16.1. The Balaban J connectivity index is 0.00000280. The Morgan fingerprint density at radius 3 is 2.36 bits per heavy atom. The van der Waals surface area contributed by atoms with Gasteiger partial charge in [0.1, 0.15) is 5.75 Å². The molecule has 0 saturated heterocycles. The summed E-state index contributed by atoms with van der Waals surface area (Å²) < 4.78 is 7.12. The topological polar surface area (TPSA) is 63.5 Å². The summed E-state index contributed by atoms with van der Waals surface area (Å²) in [5.74, 6) is 1.62. The van der Waals surface area contributed by atoms with Crippen LogP contribution in [0.2, 0.25) is 0 Å². The molecule has 1 aromatic heterocycles. The molecule has 3 aromatic rings. The summed E-state index contributed by atoms with van der Waals surface area (Å²) in [5, 5.41) is 11.0. The molecule has 0 saturated carbocycles. The first-order chi connectivity index (χ1) is 13.3. The fourth-order valence-electron chi connectivity index (χ4n) is 2.78. The predicted octanol–water partition coefficient (Wildman–Crippen LogP) is 3.42. The lowest BCUT2D eigenvalue weighted by Crippen LogP contribution is -2.36. The summed E-state index contributed by atoms with van der Waals surface area (Å²) >= 11 is 0. The van der Waals surface area contributed by atoms with Gasteiger partial charge >= 0.3 is 0 Å². The first-order valence-corrected chi connectivity index (χ1v) is 8.90. The minimum Gasteiger partial charge on any atom is -0.497 e. The average Bonchev–Trinajstić information content (AvgIpc) is 3.23. The van der Waals surface area contributed by atoms with E-state index in [1.54, 1.807) is 20.4 Å². The molecule has 0 aliphatic carbocycles. The Morgan fingerprint density at radius 2 is 1.71 bits per heavy atom. The second-order valence-electron chi connectivity index (χ2n) is 6.10. The number of nitrogens with zero attached hydrogens (tertiary/aromatic N) is 3. The van der Waals surface area contributed by atoms with Gasteiger partial charge in [0.15, 0.2) is 5.96 Å². The number of hydrogen-bond donors (Lipinski definition) is 2. The molecular weight excluding hydrogens is 465 g/mol. The quantitative estimate of drug-likeness (QED) is 0.302. The Kier molecular flexibility index (Phi) is 8.80. The Morgan fingerprint density at radius 1 is 1.00 bits per heavy atom. The highest BCUT2D eigenvalue weighted by atomic mass is 127. The van der Waals surface area contributed by atoms with Crippen molar-refractivity contribution < 1.29 is 4.74 Å². The predicted molar refractivity (Wildman–Crippen MR) is 123 cm³/mol. The Bertz CT molecular complexity index is 863. The molecule has 3 rings (SSSR count). The fraction of sp³-hybridized carbons (Fsp3) is 0.238. The van der Waals surface area contributed by atoms with Crippen LogP contribution in [-0.2, 0) is 19.6 Å². The van der Waals surface area contributed by atoms with Gasteiger partial charge in [0.05, 0.1) is 13.7 Å². The summed E-state index contributed by atoms with van der Waals surface area (Å²) in [7, 11) is 3.45. The number of aromatic nitrogens is 2. The van der Waals surface area contributed by atoms with Gasteiger partial charge in [0, 0.05) is 32.5 Å². The Labute approximate surface area is 183 Å². The van der Waals surface area contributed by atoms with E-state index in [0.717, 1.165) is 23.8 Å². The highest BCUT2D eigenvalue weighted by Gasteiger charge is 2.05. The maximum absolute atomic E-state index is 5.19. The van der Waals surface area contributed by atoms with Crippen molar-refractivity contribution >= 4 is 29.9 Å². The molecule has 0 unspecified atom stereocenters. The average molecular weight is 491 g/mol. The zero-order valence-corrected chi connectivity index (χ0v) is 18.5. The highest BCUT2D eigenvalue weighted by molar-refractivity contribution is 14.0. The van der Waals surface area contributed by atoms with Gasteiger partial charge in [0.25, 0.3) is 0 Å². The summed E-state index contributed by atoms with van der Waals surface area (Å²) in [6.07, 6.45) is 3.77. The van der Waals surface area contributed by atoms with Gasteiger partial charge in [-0.2, -0.15) is 5.10 Å². The molecule has 2 N–H and O–H groups in total. The van der Waals surface area contributed by atoms with E-state index in [4.69, 9.17) is 4.74 Å². The lowest BCUT2D eigenvalue weighted by atomic mass is 10.1. The highest BCUT2D eigenvalue weighted by Crippen LogP contribution is 2.12. The maximum Gasteiger partial charge on any atom is 0.191 e. The third kappa shape index (κ3) is 6.26. The van der Waals surface area contributed by atoms with Gasteiger partial charge in [-0.25, -0.2) is 0 Å². The first-order valence-electron chi connectivity index (χ1n) is 8.90. The van der Waals surface area contributed by atoms with Crippen LogP contribution in [0.3, 0.4) is 0 Å². The summed E-state index contributed by atoms with van der Waals surface area (Å²) in [6.45, 7) is 2.14. The van der Waals surface area contributed by atoms with Crippen LogP contribution < -0.4 is 15.4 Å². The van der Waals surface area contributed by atoms with Gasteiger partial charge in [0.2, 0.25) is 0 Å². The molecule has 6 nitrogen and oxygen atoms in total. The van der Waals surface area contributed by atoms with Crippen LogP contribution in [0.4, 0.5) is 0 Å². The van der Waals surface area contributed by atoms with Crippen LogP contribution in [0.25, 0.3) is 0 Å². The molecule has 0 atom stereocenters. The lowest BCUT2D eigenvalue weighted by Gasteiger charge is -2.14. The number of rotatable bonds is 7. The monoisotopic (exact) mass is 491 g/mol. The molecular formula is C21H26IN5O. The second-order valence-corrected chi connectivity index (χ2v) is 6.10. The third-order valence-electron chi connectivity index (χ3n) is 4.30. The number of hydrogen-bond acceptors (Lipinski definition) is 3. The van der Waals surface area contributed by atoms with Crippen LogP contribution in [0.1, 0.15) is 16.7 Å². The minimum atomic E-state index is 0. The van der Waals surface area contributed by atoms with Gasteiger partial charge < -0.3 is 15.4 Å². The first kappa shape index (κ1) is 21.7. The van der Waals surface area contributed by atoms with Crippen molar-refractivity contribution in [3.63, 3.8) is 0 Å². The summed E-state index contributed by atoms with van der Waals surface area (Å²) in [6, 6.07) is 18.3. The van der Waals surface area contributed by atoms with E-state index >= 15 is 0 Å². The van der Waals surface area contributed by atoms with Crippen molar-refractivity contribution in [3.8, 4) is 5.75 Å². The fourth-order valence-corrected chi connectivity index (χ4v) is 2.78. The van der Waals surface area contributed by atoms with Gasteiger partial charge in [-0.15, -0.1) is 24.0 Å². The van der Waals surface area contributed by atoms with Crippen molar-refractivity contribution in [3.05, 3.63) is 83.7 Å². The van der Waals surface area contributed by atoms with Crippen molar-refractivity contribution in [2.45, 2.75) is 19.6 Å². The van der Waals surface area contributed by atoms with Crippen LogP contribution in [-0.4, -0.2) is 29.9 Å². The summed E-state index contributed by atoms with van der Waals surface area (Å²) in [5.41, 5.74) is 3.62. The molecule has 0 radical (unpaired) electrons. The van der Waals surface area contributed by atoms with Crippen LogP contribution in [0.5, 0.6) is 5.75 Å². The molecule has 148 valence electrons. The van der Waals surface area contributed by atoms with E-state index in [1.807, 2.05) is 41.2 Å². The van der Waals surface area contributed by atoms with Gasteiger partial charge in [-0.3, -0.25) is 9.67 Å². The SMILES string of the molecule is CN=C(NCc1ccc(OC)cc1)NCc1ccccc1Cn1cccn1.I. The van der Waals surface area contributed by atoms with E-state index in [9.17, 15) is 0 Å². The number of methoxy groups -OCH3 is 1. The van der Waals surface area contributed by atoms with Crippen LogP contribution in [0, 0.1) is 0 Å².